The van der Waals surface area contributed by atoms with Gasteiger partial charge in [-0.05, 0) is 0 Å². The molecule has 2 rings (SSSR count). The van der Waals surface area contributed by atoms with Gasteiger partial charge in [0.25, 0.3) is 0 Å². The van der Waals surface area contributed by atoms with Gasteiger partial charge in [-0.25, -0.2) is 14.8 Å². The van der Waals surface area contributed by atoms with Crippen LogP contribution in [0.4, 0.5) is 16.4 Å². The standard InChI is InChI=1S/C9H11N5O2/c1-13-4-11-7-5(13)3-6(10)12-8(7)14(2)9(15)16/h3-4H,1-2H3,(H2,10,12)(H,15,16). The maximum absolute atomic E-state index is 10.9. The number of aromatic nitrogens is 3. The summed E-state index contributed by atoms with van der Waals surface area (Å²) in [6, 6.07) is 1.65. The number of anilines is 2. The summed E-state index contributed by atoms with van der Waals surface area (Å²) in [5, 5.41) is 8.90. The third kappa shape index (κ3) is 1.42. The van der Waals surface area contributed by atoms with Crippen molar-refractivity contribution in [3.8, 4) is 0 Å². The lowest BCUT2D eigenvalue weighted by atomic mass is 10.3. The number of rotatable bonds is 1. The third-order valence-corrected chi connectivity index (χ3v) is 2.32. The van der Waals surface area contributed by atoms with Gasteiger partial charge in [0.05, 0.1) is 11.8 Å². The number of aryl methyl sites for hydroxylation is 1. The zero-order valence-electron chi connectivity index (χ0n) is 8.88. The van der Waals surface area contributed by atoms with Crippen LogP contribution in [-0.2, 0) is 7.05 Å². The monoisotopic (exact) mass is 221 g/mol. The summed E-state index contributed by atoms with van der Waals surface area (Å²) in [5.41, 5.74) is 6.88. The van der Waals surface area contributed by atoms with E-state index >= 15 is 0 Å². The fraction of sp³-hybridized carbons (Fsp3) is 0.222. The quantitative estimate of drug-likeness (QED) is 0.737. The minimum atomic E-state index is -1.11. The van der Waals surface area contributed by atoms with Gasteiger partial charge in [0.2, 0.25) is 0 Å². The predicted molar refractivity (Wildman–Crippen MR) is 59.3 cm³/mol. The number of nitrogens with two attached hydrogens (primary N) is 1. The fourth-order valence-electron chi connectivity index (χ4n) is 1.45. The number of pyridine rings is 1. The van der Waals surface area contributed by atoms with E-state index in [0.29, 0.717) is 5.52 Å². The average molecular weight is 221 g/mol. The van der Waals surface area contributed by atoms with Gasteiger partial charge in [-0.15, -0.1) is 0 Å². The molecule has 1 amide bonds. The van der Waals surface area contributed by atoms with Crippen molar-refractivity contribution >= 4 is 28.8 Å². The molecule has 3 N–H and O–H groups in total. The lowest BCUT2D eigenvalue weighted by Gasteiger charge is -2.12. The Morgan fingerprint density at radius 2 is 2.31 bits per heavy atom. The van der Waals surface area contributed by atoms with Crippen LogP contribution in [0.2, 0.25) is 0 Å². The molecule has 0 aliphatic carbocycles. The second-order valence-corrected chi connectivity index (χ2v) is 3.44. The topological polar surface area (TPSA) is 97.3 Å². The molecular formula is C9H11N5O2. The minimum absolute atomic E-state index is 0.239. The summed E-state index contributed by atoms with van der Waals surface area (Å²) < 4.78 is 1.76. The van der Waals surface area contributed by atoms with Crippen LogP contribution in [0.25, 0.3) is 11.0 Å². The van der Waals surface area contributed by atoms with Crippen LogP contribution in [0.1, 0.15) is 0 Å². The summed E-state index contributed by atoms with van der Waals surface area (Å²) >= 11 is 0. The molecule has 84 valence electrons. The number of carbonyl (C=O) groups is 1. The molecule has 2 aromatic rings. The maximum Gasteiger partial charge on any atom is 0.412 e. The first-order valence-corrected chi connectivity index (χ1v) is 4.55. The van der Waals surface area contributed by atoms with Gasteiger partial charge in [0.1, 0.15) is 11.3 Å². The number of carboxylic acid groups (broad SMARTS) is 1. The first-order chi connectivity index (χ1) is 7.50. The van der Waals surface area contributed by atoms with Crippen LogP contribution < -0.4 is 10.6 Å². The SMILES string of the molecule is CN(C(=O)O)c1nc(N)cc2c1ncn2C. The molecule has 7 heteroatoms. The molecule has 7 nitrogen and oxygen atoms in total. The number of amides is 1. The van der Waals surface area contributed by atoms with Crippen molar-refractivity contribution in [3.63, 3.8) is 0 Å². The molecule has 0 bridgehead atoms. The van der Waals surface area contributed by atoms with Crippen LogP contribution in [0.3, 0.4) is 0 Å². The van der Waals surface area contributed by atoms with E-state index in [1.54, 1.807) is 24.0 Å². The lowest BCUT2D eigenvalue weighted by molar-refractivity contribution is 0.203. The number of hydrogen-bond donors (Lipinski definition) is 2. The van der Waals surface area contributed by atoms with Crippen molar-refractivity contribution in [2.24, 2.45) is 7.05 Å². The van der Waals surface area contributed by atoms with Gasteiger partial charge in [0.15, 0.2) is 5.82 Å². The number of fused-ring (bicyclic) bond motifs is 1. The zero-order chi connectivity index (χ0) is 11.9. The third-order valence-electron chi connectivity index (χ3n) is 2.32. The highest BCUT2D eigenvalue weighted by molar-refractivity contribution is 5.96. The molecule has 0 saturated carbocycles. The molecule has 0 fully saturated rings. The molecule has 0 unspecified atom stereocenters. The van der Waals surface area contributed by atoms with Gasteiger partial charge < -0.3 is 15.4 Å². The van der Waals surface area contributed by atoms with E-state index in [-0.39, 0.29) is 11.6 Å². The predicted octanol–water partition coefficient (Wildman–Crippen LogP) is 0.665. The smallest absolute Gasteiger partial charge is 0.412 e. The van der Waals surface area contributed by atoms with Gasteiger partial charge in [-0.1, -0.05) is 0 Å². The number of nitrogen functional groups attached to an aromatic ring is 1. The molecular weight excluding hydrogens is 210 g/mol. The highest BCUT2D eigenvalue weighted by Crippen LogP contribution is 2.24. The van der Waals surface area contributed by atoms with E-state index in [1.807, 2.05) is 0 Å². The summed E-state index contributed by atoms with van der Waals surface area (Å²) in [5.74, 6) is 0.502. The van der Waals surface area contributed by atoms with Crippen molar-refractivity contribution in [2.75, 3.05) is 17.7 Å². The minimum Gasteiger partial charge on any atom is -0.465 e. The van der Waals surface area contributed by atoms with Gasteiger partial charge in [-0.2, -0.15) is 0 Å². The van der Waals surface area contributed by atoms with Crippen LogP contribution >= 0.6 is 0 Å². The molecule has 2 aromatic heterocycles. The van der Waals surface area contributed by atoms with Crippen LogP contribution in [-0.4, -0.2) is 32.8 Å². The highest BCUT2D eigenvalue weighted by atomic mass is 16.4. The zero-order valence-corrected chi connectivity index (χ0v) is 8.88. The van der Waals surface area contributed by atoms with Crippen molar-refractivity contribution in [1.82, 2.24) is 14.5 Å². The van der Waals surface area contributed by atoms with Crippen molar-refractivity contribution in [2.45, 2.75) is 0 Å². The Morgan fingerprint density at radius 1 is 1.62 bits per heavy atom. The summed E-state index contributed by atoms with van der Waals surface area (Å²) in [6.45, 7) is 0. The Bertz CT molecular complexity index is 562. The molecule has 0 aliphatic rings. The van der Waals surface area contributed by atoms with Gasteiger partial charge in [0, 0.05) is 20.2 Å². The Labute approximate surface area is 91.1 Å². The first-order valence-electron chi connectivity index (χ1n) is 4.55. The first kappa shape index (κ1) is 10.2. The van der Waals surface area contributed by atoms with E-state index in [4.69, 9.17) is 10.8 Å². The Kier molecular flexibility index (Phi) is 2.15. The summed E-state index contributed by atoms with van der Waals surface area (Å²) in [6.07, 6.45) is 0.482. The van der Waals surface area contributed by atoms with Crippen molar-refractivity contribution < 1.29 is 9.90 Å². The Balaban J connectivity index is 2.73. The molecule has 0 radical (unpaired) electrons. The van der Waals surface area contributed by atoms with Crippen LogP contribution in [0, 0.1) is 0 Å². The van der Waals surface area contributed by atoms with Crippen molar-refractivity contribution in [3.05, 3.63) is 12.4 Å². The van der Waals surface area contributed by atoms with E-state index < -0.39 is 6.09 Å². The van der Waals surface area contributed by atoms with Gasteiger partial charge >= 0.3 is 6.09 Å². The summed E-state index contributed by atoms with van der Waals surface area (Å²) in [4.78, 5) is 19.9. The summed E-state index contributed by atoms with van der Waals surface area (Å²) in [7, 11) is 3.21. The largest absolute Gasteiger partial charge is 0.465 e. The van der Waals surface area contributed by atoms with E-state index in [1.165, 1.54) is 7.05 Å². The molecule has 0 aliphatic heterocycles. The van der Waals surface area contributed by atoms with E-state index in [0.717, 1.165) is 10.4 Å². The second kappa shape index (κ2) is 3.37. The Hall–Kier alpha value is -2.31. The van der Waals surface area contributed by atoms with Crippen LogP contribution in [0.5, 0.6) is 0 Å². The molecule has 0 spiro atoms. The van der Waals surface area contributed by atoms with E-state index in [2.05, 4.69) is 9.97 Å². The fourth-order valence-corrected chi connectivity index (χ4v) is 1.45. The molecule has 2 heterocycles. The normalized spacial score (nSPS) is 10.6. The number of nitrogens with zero attached hydrogens (tertiary/aromatic N) is 4. The second-order valence-electron chi connectivity index (χ2n) is 3.44. The average Bonchev–Trinajstić information content (AvgIpc) is 2.58. The molecule has 0 saturated heterocycles. The maximum atomic E-state index is 10.9. The Morgan fingerprint density at radius 3 is 2.94 bits per heavy atom. The van der Waals surface area contributed by atoms with E-state index in [9.17, 15) is 4.79 Å². The highest BCUT2D eigenvalue weighted by Gasteiger charge is 2.17. The molecule has 0 atom stereocenters. The van der Waals surface area contributed by atoms with Gasteiger partial charge in [-0.3, -0.25) is 4.90 Å². The number of hydrogen-bond acceptors (Lipinski definition) is 4. The molecule has 0 aromatic carbocycles. The van der Waals surface area contributed by atoms with Crippen molar-refractivity contribution in [1.29, 1.82) is 0 Å². The lowest BCUT2D eigenvalue weighted by Crippen LogP contribution is -2.25. The van der Waals surface area contributed by atoms with Crippen LogP contribution in [0.15, 0.2) is 12.4 Å². The molecule has 16 heavy (non-hydrogen) atoms. The number of imidazole rings is 1.